The summed E-state index contributed by atoms with van der Waals surface area (Å²) in [4.78, 5) is 26.1. The van der Waals surface area contributed by atoms with Gasteiger partial charge in [-0.15, -0.1) is 0 Å². The van der Waals surface area contributed by atoms with Crippen LogP contribution in [-0.2, 0) is 20.7 Å². The Morgan fingerprint density at radius 2 is 2.06 bits per heavy atom. The van der Waals surface area contributed by atoms with Gasteiger partial charge in [-0.3, -0.25) is 9.69 Å². The summed E-state index contributed by atoms with van der Waals surface area (Å²) >= 11 is 0. The number of aromatic nitrogens is 2. The first-order valence-electron chi connectivity index (χ1n) is 12.4. The zero-order chi connectivity index (χ0) is 24.2. The van der Waals surface area contributed by atoms with Crippen LogP contribution in [0.15, 0.2) is 54.3 Å². The van der Waals surface area contributed by atoms with Crippen LogP contribution in [0.1, 0.15) is 45.4 Å². The predicted octanol–water partition coefficient (Wildman–Crippen LogP) is 3.04. The second kappa shape index (κ2) is 13.9. The first-order valence-corrected chi connectivity index (χ1v) is 12.4. The maximum absolute atomic E-state index is 13.1. The number of hydrogen-bond acceptors (Lipinski definition) is 7. The highest BCUT2D eigenvalue weighted by Crippen LogP contribution is 2.28. The van der Waals surface area contributed by atoms with Gasteiger partial charge in [0.1, 0.15) is 5.82 Å². The molecule has 2 fully saturated rings. The smallest absolute Gasteiger partial charge is 0.236 e. The summed E-state index contributed by atoms with van der Waals surface area (Å²) in [7, 11) is 0. The molecule has 0 aliphatic carbocycles. The van der Waals surface area contributed by atoms with E-state index in [0.29, 0.717) is 31.6 Å². The fraction of sp³-hybridized carbons (Fsp3) is 0.577. The van der Waals surface area contributed by atoms with Crippen LogP contribution >= 0.6 is 0 Å². The largest absolute Gasteiger partial charge is 0.454 e. The van der Waals surface area contributed by atoms with Gasteiger partial charge in [0, 0.05) is 51.0 Å². The minimum Gasteiger partial charge on any atom is -0.454 e. The van der Waals surface area contributed by atoms with Gasteiger partial charge < -0.3 is 20.1 Å². The number of allylic oxidation sites excluding steroid dienone is 3. The van der Waals surface area contributed by atoms with Crippen LogP contribution in [0.5, 0.6) is 0 Å². The molecule has 186 valence electrons. The Hall–Kier alpha value is -2.71. The average Bonchev–Trinajstić information content (AvgIpc) is 3.47. The molecule has 34 heavy (non-hydrogen) atoms. The van der Waals surface area contributed by atoms with E-state index in [1.54, 1.807) is 12.4 Å². The quantitative estimate of drug-likeness (QED) is 0.503. The molecule has 1 aromatic heterocycles. The topological polar surface area (TPSA) is 93.8 Å². The number of aryl methyl sites for hydroxylation is 1. The van der Waals surface area contributed by atoms with E-state index in [9.17, 15) is 4.79 Å². The van der Waals surface area contributed by atoms with Crippen molar-refractivity contribution in [1.82, 2.24) is 19.8 Å². The molecular formula is C26H39N5O3. The van der Waals surface area contributed by atoms with E-state index >= 15 is 0 Å². The van der Waals surface area contributed by atoms with Crippen molar-refractivity contribution in [2.24, 2.45) is 11.7 Å². The fourth-order valence-corrected chi connectivity index (χ4v) is 4.51. The van der Waals surface area contributed by atoms with Crippen LogP contribution in [-0.4, -0.2) is 71.2 Å². The minimum absolute atomic E-state index is 0.167. The van der Waals surface area contributed by atoms with Crippen LogP contribution in [0.2, 0.25) is 0 Å². The summed E-state index contributed by atoms with van der Waals surface area (Å²) in [6, 6.07) is 2.14. The molecule has 0 radical (unpaired) electrons. The Balaban J connectivity index is 1.65. The van der Waals surface area contributed by atoms with Gasteiger partial charge in [0.2, 0.25) is 12.7 Å². The number of carbonyl (C=O) groups excluding carboxylic acids is 1. The number of unbranched alkanes of at least 4 members (excludes halogenated alkanes) is 1. The van der Waals surface area contributed by atoms with E-state index < -0.39 is 0 Å². The molecule has 2 aliphatic rings. The SMILES string of the molecule is C/C=C1/OCO/C1=C/C=C/C1CC(CCc2ncccn2)N(CC(=O)N(CCN)CCCC)C1. The van der Waals surface area contributed by atoms with Gasteiger partial charge in [-0.05, 0) is 50.3 Å². The van der Waals surface area contributed by atoms with Crippen LogP contribution in [0.3, 0.4) is 0 Å². The van der Waals surface area contributed by atoms with Gasteiger partial charge >= 0.3 is 0 Å². The zero-order valence-corrected chi connectivity index (χ0v) is 20.6. The third kappa shape index (κ3) is 7.67. The molecule has 0 saturated carbocycles. The number of ether oxygens (including phenoxy) is 2. The fourth-order valence-electron chi connectivity index (χ4n) is 4.51. The number of amides is 1. The van der Waals surface area contributed by atoms with Crippen LogP contribution in [0.4, 0.5) is 0 Å². The lowest BCUT2D eigenvalue weighted by Crippen LogP contribution is -2.44. The normalized spacial score (nSPS) is 23.0. The molecule has 2 atom stereocenters. The Morgan fingerprint density at radius 3 is 2.79 bits per heavy atom. The summed E-state index contributed by atoms with van der Waals surface area (Å²) in [5, 5.41) is 0. The van der Waals surface area contributed by atoms with E-state index in [2.05, 4.69) is 27.9 Å². The Labute approximate surface area is 203 Å². The molecular weight excluding hydrogens is 430 g/mol. The third-order valence-corrected chi connectivity index (χ3v) is 6.32. The van der Waals surface area contributed by atoms with E-state index in [4.69, 9.17) is 15.2 Å². The highest BCUT2D eigenvalue weighted by Gasteiger charge is 2.32. The summed E-state index contributed by atoms with van der Waals surface area (Å²) in [6.07, 6.45) is 16.5. The molecule has 8 heteroatoms. The summed E-state index contributed by atoms with van der Waals surface area (Å²) in [5.74, 6) is 2.91. The molecule has 2 saturated heterocycles. The summed E-state index contributed by atoms with van der Waals surface area (Å²) in [5.41, 5.74) is 5.78. The van der Waals surface area contributed by atoms with Gasteiger partial charge in [0.15, 0.2) is 11.5 Å². The van der Waals surface area contributed by atoms with Crippen LogP contribution < -0.4 is 5.73 Å². The van der Waals surface area contributed by atoms with Crippen molar-refractivity contribution in [2.45, 2.75) is 52.0 Å². The lowest BCUT2D eigenvalue weighted by molar-refractivity contribution is -0.132. The Kier molecular flexibility index (Phi) is 10.6. The Bertz CT molecular complexity index is 855. The zero-order valence-electron chi connectivity index (χ0n) is 20.6. The average molecular weight is 470 g/mol. The molecule has 3 rings (SSSR count). The van der Waals surface area contributed by atoms with Crippen molar-refractivity contribution in [3.05, 3.63) is 60.1 Å². The van der Waals surface area contributed by atoms with Crippen molar-refractivity contribution in [3.8, 4) is 0 Å². The number of hydrogen-bond donors (Lipinski definition) is 1. The van der Waals surface area contributed by atoms with Crippen molar-refractivity contribution in [2.75, 3.05) is 39.5 Å². The van der Waals surface area contributed by atoms with E-state index in [1.165, 1.54) is 0 Å². The molecule has 1 amide bonds. The number of rotatable bonds is 12. The number of likely N-dealkylation sites (tertiary alicyclic amines) is 1. The molecule has 2 aliphatic heterocycles. The predicted molar refractivity (Wildman–Crippen MR) is 132 cm³/mol. The molecule has 0 spiro atoms. The second-order valence-electron chi connectivity index (χ2n) is 8.78. The third-order valence-electron chi connectivity index (χ3n) is 6.32. The standard InChI is InChI=1S/C26H39N5O3/c1-3-5-15-30(16-12-27)26(32)19-31-18-21(8-6-9-24-23(4-2)33-20-34-24)17-22(31)10-11-25-28-13-7-14-29-25/h4,6-9,13-14,21-22H,3,5,10-12,15-20,27H2,1-2H3/b8-6+,23-4+,24-9+. The lowest BCUT2D eigenvalue weighted by Gasteiger charge is -2.28. The molecule has 2 unspecified atom stereocenters. The minimum atomic E-state index is 0.167. The van der Waals surface area contributed by atoms with Crippen LogP contribution in [0.25, 0.3) is 0 Å². The molecule has 0 aromatic carbocycles. The number of nitrogens with two attached hydrogens (primary N) is 1. The summed E-state index contributed by atoms with van der Waals surface area (Å²) < 4.78 is 10.9. The van der Waals surface area contributed by atoms with Gasteiger partial charge in [0.25, 0.3) is 0 Å². The molecule has 1 aromatic rings. The van der Waals surface area contributed by atoms with E-state index in [0.717, 1.165) is 62.5 Å². The van der Waals surface area contributed by atoms with Gasteiger partial charge in [-0.1, -0.05) is 25.5 Å². The first-order chi connectivity index (χ1) is 16.6. The van der Waals surface area contributed by atoms with Crippen molar-refractivity contribution in [1.29, 1.82) is 0 Å². The van der Waals surface area contributed by atoms with E-state index in [1.807, 2.05) is 36.1 Å². The monoisotopic (exact) mass is 469 g/mol. The molecule has 0 bridgehead atoms. The summed E-state index contributed by atoms with van der Waals surface area (Å²) in [6.45, 7) is 7.49. The number of carbonyl (C=O) groups is 1. The Morgan fingerprint density at radius 1 is 1.26 bits per heavy atom. The number of nitrogens with zero attached hydrogens (tertiary/aromatic N) is 4. The van der Waals surface area contributed by atoms with Crippen molar-refractivity contribution < 1.29 is 14.3 Å². The van der Waals surface area contributed by atoms with Crippen LogP contribution in [0, 0.1) is 5.92 Å². The molecule has 8 nitrogen and oxygen atoms in total. The van der Waals surface area contributed by atoms with Crippen molar-refractivity contribution in [3.63, 3.8) is 0 Å². The van der Waals surface area contributed by atoms with E-state index in [-0.39, 0.29) is 12.7 Å². The highest BCUT2D eigenvalue weighted by atomic mass is 16.7. The molecule has 3 heterocycles. The van der Waals surface area contributed by atoms with Gasteiger partial charge in [-0.25, -0.2) is 9.97 Å². The first kappa shape index (κ1) is 25.9. The highest BCUT2D eigenvalue weighted by molar-refractivity contribution is 5.78. The maximum atomic E-state index is 13.1. The molecule has 2 N–H and O–H groups in total. The van der Waals surface area contributed by atoms with Gasteiger partial charge in [0.05, 0.1) is 6.54 Å². The lowest BCUT2D eigenvalue weighted by atomic mass is 10.0. The van der Waals surface area contributed by atoms with Crippen molar-refractivity contribution >= 4 is 5.91 Å². The van der Waals surface area contributed by atoms with Gasteiger partial charge in [-0.2, -0.15) is 0 Å². The second-order valence-corrected chi connectivity index (χ2v) is 8.78. The maximum Gasteiger partial charge on any atom is 0.236 e.